The van der Waals surface area contributed by atoms with E-state index < -0.39 is 11.3 Å². The number of rotatable bonds is 3. The van der Waals surface area contributed by atoms with Crippen LogP contribution in [-0.2, 0) is 15.0 Å². The Morgan fingerprint density at radius 2 is 1.86 bits per heavy atom. The third-order valence-electron chi connectivity index (χ3n) is 5.86. The number of nitrogens with zero attached hydrogens (tertiary/aromatic N) is 3. The predicted octanol–water partition coefficient (Wildman–Crippen LogP) is 2.21. The van der Waals surface area contributed by atoms with E-state index in [4.69, 9.17) is 10.7 Å². The summed E-state index contributed by atoms with van der Waals surface area (Å²) in [5.74, 6) is 0.316. The topological polar surface area (TPSA) is 79.5 Å². The van der Waals surface area contributed by atoms with Gasteiger partial charge in [0.15, 0.2) is 0 Å². The van der Waals surface area contributed by atoms with Crippen molar-refractivity contribution in [1.29, 1.82) is 0 Å². The monoisotopic (exact) mass is 372 g/mol. The highest BCUT2D eigenvalue weighted by atomic mass is 16.2. The maximum atomic E-state index is 13.4. The van der Waals surface area contributed by atoms with Crippen LogP contribution in [0.4, 0.5) is 11.5 Å². The normalized spacial score (nSPS) is 20.9. The van der Waals surface area contributed by atoms with Crippen LogP contribution in [0.5, 0.6) is 0 Å². The van der Waals surface area contributed by atoms with Crippen LogP contribution in [0, 0.1) is 0 Å². The lowest BCUT2D eigenvalue weighted by molar-refractivity contribution is -0.124. The molecule has 0 saturated carbocycles. The van der Waals surface area contributed by atoms with Crippen molar-refractivity contribution < 1.29 is 9.59 Å². The number of hydrogen-bond donors (Lipinski definition) is 1. The SMILES string of the molecule is NC(=O)CN1C(=O)C2(CCN(c3ccc4ccccc4n3)C2)c2ccccc21. The Balaban J connectivity index is 1.52. The number of para-hydroxylation sites is 2. The number of fused-ring (bicyclic) bond motifs is 3. The van der Waals surface area contributed by atoms with E-state index in [2.05, 4.69) is 11.0 Å². The van der Waals surface area contributed by atoms with Gasteiger partial charge in [-0.1, -0.05) is 36.4 Å². The van der Waals surface area contributed by atoms with E-state index in [-0.39, 0.29) is 12.5 Å². The zero-order valence-corrected chi connectivity index (χ0v) is 15.3. The molecule has 140 valence electrons. The van der Waals surface area contributed by atoms with Gasteiger partial charge in [-0.2, -0.15) is 0 Å². The minimum Gasteiger partial charge on any atom is -0.368 e. The molecule has 2 amide bonds. The van der Waals surface area contributed by atoms with Gasteiger partial charge in [-0.3, -0.25) is 9.59 Å². The Morgan fingerprint density at radius 1 is 1.07 bits per heavy atom. The average Bonchev–Trinajstić information content (AvgIpc) is 3.25. The summed E-state index contributed by atoms with van der Waals surface area (Å²) in [6.07, 6.45) is 0.687. The van der Waals surface area contributed by atoms with E-state index in [9.17, 15) is 9.59 Å². The van der Waals surface area contributed by atoms with Crippen molar-refractivity contribution in [3.05, 3.63) is 66.2 Å². The smallest absolute Gasteiger partial charge is 0.240 e. The Labute approximate surface area is 162 Å². The molecule has 3 heterocycles. The largest absolute Gasteiger partial charge is 0.368 e. The van der Waals surface area contributed by atoms with Crippen LogP contribution in [-0.4, -0.2) is 36.4 Å². The molecule has 1 unspecified atom stereocenters. The van der Waals surface area contributed by atoms with Crippen molar-refractivity contribution in [2.75, 3.05) is 29.4 Å². The van der Waals surface area contributed by atoms with E-state index in [0.29, 0.717) is 13.0 Å². The molecule has 1 saturated heterocycles. The van der Waals surface area contributed by atoms with E-state index in [0.717, 1.165) is 34.5 Å². The quantitative estimate of drug-likeness (QED) is 0.765. The summed E-state index contributed by atoms with van der Waals surface area (Å²) in [7, 11) is 0. The standard InChI is InChI=1S/C22H20N4O2/c23-19(27)13-26-18-8-4-2-6-16(18)22(21(26)28)11-12-25(14-22)20-10-9-15-5-1-3-7-17(15)24-20/h1-10H,11-14H2,(H2,23,27). The molecule has 2 aliphatic rings. The lowest BCUT2D eigenvalue weighted by atomic mass is 9.81. The molecule has 1 fully saturated rings. The molecule has 1 spiro atoms. The zero-order chi connectivity index (χ0) is 19.3. The molecule has 1 aromatic heterocycles. The molecular weight excluding hydrogens is 352 g/mol. The maximum absolute atomic E-state index is 13.4. The van der Waals surface area contributed by atoms with Gasteiger partial charge >= 0.3 is 0 Å². The number of hydrogen-bond acceptors (Lipinski definition) is 4. The van der Waals surface area contributed by atoms with Gasteiger partial charge in [0.25, 0.3) is 0 Å². The fourth-order valence-electron chi connectivity index (χ4n) is 4.54. The first kappa shape index (κ1) is 16.7. The molecule has 6 heteroatoms. The number of anilines is 2. The van der Waals surface area contributed by atoms with Crippen molar-refractivity contribution in [2.24, 2.45) is 5.73 Å². The van der Waals surface area contributed by atoms with Gasteiger partial charge in [-0.25, -0.2) is 4.98 Å². The highest BCUT2D eigenvalue weighted by Crippen LogP contribution is 2.47. The van der Waals surface area contributed by atoms with Crippen molar-refractivity contribution in [1.82, 2.24) is 4.98 Å². The van der Waals surface area contributed by atoms with Crippen LogP contribution >= 0.6 is 0 Å². The minimum atomic E-state index is -0.653. The Morgan fingerprint density at radius 3 is 2.71 bits per heavy atom. The van der Waals surface area contributed by atoms with Gasteiger partial charge in [0.2, 0.25) is 11.8 Å². The molecule has 2 aliphatic heterocycles. The van der Waals surface area contributed by atoms with Crippen molar-refractivity contribution in [2.45, 2.75) is 11.8 Å². The van der Waals surface area contributed by atoms with E-state index in [1.807, 2.05) is 54.6 Å². The van der Waals surface area contributed by atoms with Crippen LogP contribution in [0.15, 0.2) is 60.7 Å². The van der Waals surface area contributed by atoms with Gasteiger partial charge in [-0.15, -0.1) is 0 Å². The summed E-state index contributed by atoms with van der Waals surface area (Å²) >= 11 is 0. The molecule has 0 aliphatic carbocycles. The number of primary amides is 1. The second-order valence-electron chi connectivity index (χ2n) is 7.49. The van der Waals surface area contributed by atoms with Crippen molar-refractivity contribution in [3.63, 3.8) is 0 Å². The highest BCUT2D eigenvalue weighted by molar-refractivity contribution is 6.11. The second kappa shape index (κ2) is 6.05. The van der Waals surface area contributed by atoms with E-state index >= 15 is 0 Å². The second-order valence-corrected chi connectivity index (χ2v) is 7.49. The van der Waals surface area contributed by atoms with E-state index in [1.165, 1.54) is 4.90 Å². The lowest BCUT2D eigenvalue weighted by Crippen LogP contribution is -2.45. The first-order valence-corrected chi connectivity index (χ1v) is 9.39. The fourth-order valence-corrected chi connectivity index (χ4v) is 4.54. The molecule has 5 rings (SSSR count). The van der Waals surface area contributed by atoms with Crippen LogP contribution in [0.1, 0.15) is 12.0 Å². The van der Waals surface area contributed by atoms with Gasteiger partial charge in [0.05, 0.1) is 10.9 Å². The molecule has 2 aromatic carbocycles. The number of carbonyl (C=O) groups excluding carboxylic acids is 2. The number of benzene rings is 2. The highest BCUT2D eigenvalue weighted by Gasteiger charge is 2.54. The molecule has 28 heavy (non-hydrogen) atoms. The average molecular weight is 372 g/mol. The lowest BCUT2D eigenvalue weighted by Gasteiger charge is -2.24. The van der Waals surface area contributed by atoms with Crippen LogP contribution in [0.2, 0.25) is 0 Å². The molecule has 6 nitrogen and oxygen atoms in total. The fraction of sp³-hybridized carbons (Fsp3) is 0.227. The van der Waals surface area contributed by atoms with Crippen LogP contribution < -0.4 is 15.5 Å². The zero-order valence-electron chi connectivity index (χ0n) is 15.3. The third kappa shape index (κ3) is 2.37. The first-order valence-electron chi connectivity index (χ1n) is 9.39. The Bertz CT molecular complexity index is 1110. The Kier molecular flexibility index (Phi) is 3.62. The predicted molar refractivity (Wildman–Crippen MR) is 108 cm³/mol. The molecular formula is C22H20N4O2. The minimum absolute atomic E-state index is 0.0456. The number of nitrogens with two attached hydrogens (primary N) is 1. The Hall–Kier alpha value is -3.41. The molecule has 2 N–H and O–H groups in total. The summed E-state index contributed by atoms with van der Waals surface area (Å²) < 4.78 is 0. The summed E-state index contributed by atoms with van der Waals surface area (Å²) in [5, 5.41) is 1.09. The van der Waals surface area contributed by atoms with Gasteiger partial charge in [-0.05, 0) is 36.2 Å². The number of pyridine rings is 1. The van der Waals surface area contributed by atoms with E-state index in [1.54, 1.807) is 0 Å². The third-order valence-corrected chi connectivity index (χ3v) is 5.86. The van der Waals surface area contributed by atoms with Crippen LogP contribution in [0.25, 0.3) is 10.9 Å². The van der Waals surface area contributed by atoms with Crippen LogP contribution in [0.3, 0.4) is 0 Å². The molecule has 0 bridgehead atoms. The summed E-state index contributed by atoms with van der Waals surface area (Å²) in [6.45, 7) is 1.19. The molecule has 0 radical (unpaired) electrons. The number of amides is 2. The number of carbonyl (C=O) groups is 2. The van der Waals surface area contributed by atoms with Crippen molar-refractivity contribution in [3.8, 4) is 0 Å². The maximum Gasteiger partial charge on any atom is 0.240 e. The van der Waals surface area contributed by atoms with Gasteiger partial charge < -0.3 is 15.5 Å². The van der Waals surface area contributed by atoms with Crippen molar-refractivity contribution >= 4 is 34.2 Å². The molecule has 3 aromatic rings. The number of aromatic nitrogens is 1. The summed E-state index contributed by atoms with van der Waals surface area (Å²) in [4.78, 5) is 33.4. The van der Waals surface area contributed by atoms with Gasteiger partial charge in [0.1, 0.15) is 12.4 Å². The molecule has 1 atom stereocenters. The first-order chi connectivity index (χ1) is 13.6. The van der Waals surface area contributed by atoms with Gasteiger partial charge in [0, 0.05) is 24.2 Å². The summed E-state index contributed by atoms with van der Waals surface area (Å²) in [5.41, 5.74) is 7.45. The summed E-state index contributed by atoms with van der Waals surface area (Å²) in [6, 6.07) is 19.8.